The van der Waals surface area contributed by atoms with E-state index in [1.54, 1.807) is 12.1 Å². The maximum atomic E-state index is 14.3. The Labute approximate surface area is 196 Å². The van der Waals surface area contributed by atoms with Gasteiger partial charge in [0.1, 0.15) is 11.6 Å². The average Bonchev–Trinajstić information content (AvgIpc) is 3.33. The molecule has 1 amide bonds. The zero-order valence-corrected chi connectivity index (χ0v) is 18.5. The normalized spacial score (nSPS) is 16.4. The molecule has 8 heteroatoms. The lowest BCUT2D eigenvalue weighted by Gasteiger charge is -2.40. The largest absolute Gasteiger partial charge is 0.454 e. The molecular weight excluding hydrogens is 440 g/mol. The van der Waals surface area contributed by atoms with Crippen molar-refractivity contribution in [2.45, 2.75) is 6.04 Å². The first-order valence-corrected chi connectivity index (χ1v) is 11.3. The van der Waals surface area contributed by atoms with Gasteiger partial charge in [-0.05, 0) is 54.1 Å². The van der Waals surface area contributed by atoms with Crippen molar-refractivity contribution in [1.82, 2.24) is 10.2 Å². The number of nitrogens with zero attached hydrogens (tertiary/aromatic N) is 2. The number of fused-ring (bicyclic) bond motifs is 1. The Morgan fingerprint density at radius 3 is 2.41 bits per heavy atom. The van der Waals surface area contributed by atoms with Gasteiger partial charge in [0, 0.05) is 38.3 Å². The molecule has 1 unspecified atom stereocenters. The van der Waals surface area contributed by atoms with Gasteiger partial charge in [-0.15, -0.1) is 0 Å². The third-order valence-electron chi connectivity index (χ3n) is 6.29. The van der Waals surface area contributed by atoms with Gasteiger partial charge < -0.3 is 19.7 Å². The van der Waals surface area contributed by atoms with Gasteiger partial charge in [0.25, 0.3) is 5.91 Å². The van der Waals surface area contributed by atoms with Crippen LogP contribution in [-0.4, -0.2) is 50.3 Å². The number of nitrogens with one attached hydrogen (secondary N) is 1. The van der Waals surface area contributed by atoms with Crippen LogP contribution in [0.2, 0.25) is 0 Å². The molecule has 176 valence electrons. The molecule has 6 nitrogen and oxygen atoms in total. The molecule has 1 saturated heterocycles. The van der Waals surface area contributed by atoms with Crippen LogP contribution in [0.3, 0.4) is 0 Å². The highest BCUT2D eigenvalue weighted by Gasteiger charge is 2.28. The molecule has 1 N–H and O–H groups in total. The summed E-state index contributed by atoms with van der Waals surface area (Å²) in [6.07, 6.45) is 0. The van der Waals surface area contributed by atoms with E-state index in [0.717, 1.165) is 5.56 Å². The molecule has 3 aromatic carbocycles. The first-order chi connectivity index (χ1) is 16.6. The average molecular weight is 466 g/mol. The zero-order valence-electron chi connectivity index (χ0n) is 18.5. The maximum absolute atomic E-state index is 14.3. The molecule has 1 fully saturated rings. The van der Waals surface area contributed by atoms with Gasteiger partial charge in [-0.2, -0.15) is 0 Å². The van der Waals surface area contributed by atoms with Gasteiger partial charge in [-0.25, -0.2) is 8.78 Å². The standard InChI is InChI=1S/C26H25F2N3O3/c27-20-8-5-18(6-9-20)26(32)29-16-23(19-7-10-24-25(15-19)34-17-33-24)31-13-11-30(12-14-31)22-4-2-1-3-21(22)28/h1-10,15,23H,11-14,16-17H2,(H,29,32). The van der Waals surface area contributed by atoms with Gasteiger partial charge in [-0.3, -0.25) is 9.69 Å². The lowest BCUT2D eigenvalue weighted by molar-refractivity contribution is 0.0930. The van der Waals surface area contributed by atoms with Gasteiger partial charge >= 0.3 is 0 Å². The molecule has 34 heavy (non-hydrogen) atoms. The summed E-state index contributed by atoms with van der Waals surface area (Å²) in [5.41, 5.74) is 1.99. The van der Waals surface area contributed by atoms with Crippen molar-refractivity contribution in [2.75, 3.05) is 44.4 Å². The molecule has 0 aromatic heterocycles. The lowest BCUT2D eigenvalue weighted by Crippen LogP contribution is -2.50. The van der Waals surface area contributed by atoms with Gasteiger partial charge in [0.05, 0.1) is 11.7 Å². The van der Waals surface area contributed by atoms with Gasteiger partial charge in [0.15, 0.2) is 11.5 Å². The first kappa shape index (κ1) is 22.2. The number of hydrogen-bond acceptors (Lipinski definition) is 5. The van der Waals surface area contributed by atoms with Crippen molar-refractivity contribution in [3.8, 4) is 11.5 Å². The van der Waals surface area contributed by atoms with Crippen molar-refractivity contribution >= 4 is 11.6 Å². The predicted octanol–water partition coefficient (Wildman–Crippen LogP) is 3.99. The number of benzene rings is 3. The molecule has 2 aliphatic rings. The number of hydrogen-bond donors (Lipinski definition) is 1. The Bertz CT molecular complexity index is 1160. The Kier molecular flexibility index (Phi) is 6.31. The van der Waals surface area contributed by atoms with Crippen molar-refractivity contribution in [3.05, 3.63) is 89.5 Å². The minimum atomic E-state index is -0.387. The number of carbonyl (C=O) groups excluding carboxylic acids is 1. The van der Waals surface area contributed by atoms with Crippen LogP contribution < -0.4 is 19.7 Å². The highest BCUT2D eigenvalue weighted by atomic mass is 19.1. The van der Waals surface area contributed by atoms with Crippen molar-refractivity contribution < 1.29 is 23.0 Å². The lowest BCUT2D eigenvalue weighted by atomic mass is 10.0. The van der Waals surface area contributed by atoms with E-state index < -0.39 is 0 Å². The van der Waals surface area contributed by atoms with Crippen LogP contribution in [0, 0.1) is 11.6 Å². The van der Waals surface area contributed by atoms with Gasteiger partial charge in [0.2, 0.25) is 6.79 Å². The number of halogens is 2. The van der Waals surface area contributed by atoms with E-state index in [2.05, 4.69) is 10.2 Å². The van der Waals surface area contributed by atoms with Gasteiger partial charge in [-0.1, -0.05) is 18.2 Å². The molecule has 0 bridgehead atoms. The SMILES string of the molecule is O=C(NCC(c1ccc2c(c1)OCO2)N1CCN(c2ccccc2F)CC1)c1ccc(F)cc1. The minimum Gasteiger partial charge on any atom is -0.454 e. The van der Waals surface area contributed by atoms with Crippen LogP contribution in [-0.2, 0) is 0 Å². The fraction of sp³-hybridized carbons (Fsp3) is 0.269. The van der Waals surface area contributed by atoms with E-state index in [9.17, 15) is 13.6 Å². The second-order valence-corrected chi connectivity index (χ2v) is 8.32. The second-order valence-electron chi connectivity index (χ2n) is 8.32. The second kappa shape index (κ2) is 9.69. The topological polar surface area (TPSA) is 54.0 Å². The predicted molar refractivity (Wildman–Crippen MR) is 124 cm³/mol. The molecule has 0 saturated carbocycles. The van der Waals surface area contributed by atoms with E-state index in [0.29, 0.717) is 55.5 Å². The Morgan fingerprint density at radius 1 is 0.912 bits per heavy atom. The van der Waals surface area contributed by atoms with Crippen LogP contribution in [0.15, 0.2) is 66.7 Å². The molecular formula is C26H25F2N3O3. The summed E-state index contributed by atoms with van der Waals surface area (Å²) in [4.78, 5) is 17.0. The number of carbonyl (C=O) groups is 1. The monoisotopic (exact) mass is 465 g/mol. The Balaban J connectivity index is 1.32. The van der Waals surface area contributed by atoms with Crippen LogP contribution in [0.1, 0.15) is 22.0 Å². The quantitative estimate of drug-likeness (QED) is 0.597. The number of rotatable bonds is 6. The third kappa shape index (κ3) is 4.68. The molecule has 0 aliphatic carbocycles. The van der Waals surface area contributed by atoms with Crippen molar-refractivity contribution in [2.24, 2.45) is 0 Å². The summed E-state index contributed by atoms with van der Waals surface area (Å²) in [6, 6.07) is 17.9. The van der Waals surface area contributed by atoms with Crippen LogP contribution >= 0.6 is 0 Å². The van der Waals surface area contributed by atoms with E-state index in [1.807, 2.05) is 29.2 Å². The molecule has 1 atom stereocenters. The number of piperazine rings is 1. The summed E-state index contributed by atoms with van der Waals surface area (Å²) in [6.45, 7) is 3.25. The van der Waals surface area contributed by atoms with E-state index in [4.69, 9.17) is 9.47 Å². The molecule has 2 aliphatic heterocycles. The van der Waals surface area contributed by atoms with Crippen molar-refractivity contribution in [3.63, 3.8) is 0 Å². The highest BCUT2D eigenvalue weighted by Crippen LogP contribution is 2.36. The van der Waals surface area contributed by atoms with Crippen molar-refractivity contribution in [1.29, 1.82) is 0 Å². The molecule has 0 radical (unpaired) electrons. The van der Waals surface area contributed by atoms with Crippen LogP contribution in [0.4, 0.5) is 14.5 Å². The number of para-hydroxylation sites is 1. The fourth-order valence-corrected chi connectivity index (χ4v) is 4.45. The Hall–Kier alpha value is -3.65. The molecule has 5 rings (SSSR count). The first-order valence-electron chi connectivity index (χ1n) is 11.3. The summed E-state index contributed by atoms with van der Waals surface area (Å²) in [5, 5.41) is 2.99. The molecule has 3 aromatic rings. The zero-order chi connectivity index (χ0) is 23.5. The van der Waals surface area contributed by atoms with Crippen LogP contribution in [0.25, 0.3) is 0 Å². The summed E-state index contributed by atoms with van der Waals surface area (Å²) < 4.78 is 38.5. The number of amides is 1. The molecule has 0 spiro atoms. The third-order valence-corrected chi connectivity index (χ3v) is 6.29. The van der Waals surface area contributed by atoms with E-state index >= 15 is 0 Å². The fourth-order valence-electron chi connectivity index (χ4n) is 4.45. The summed E-state index contributed by atoms with van der Waals surface area (Å²) in [7, 11) is 0. The number of ether oxygens (including phenoxy) is 2. The summed E-state index contributed by atoms with van der Waals surface area (Å²) in [5.74, 6) is 0.493. The summed E-state index contributed by atoms with van der Waals surface area (Å²) >= 11 is 0. The number of anilines is 1. The smallest absolute Gasteiger partial charge is 0.251 e. The van der Waals surface area contributed by atoms with Crippen LogP contribution in [0.5, 0.6) is 11.5 Å². The highest BCUT2D eigenvalue weighted by molar-refractivity contribution is 5.94. The van der Waals surface area contributed by atoms with E-state index in [-0.39, 0.29) is 30.4 Å². The minimum absolute atomic E-state index is 0.123. The Morgan fingerprint density at radius 2 is 1.65 bits per heavy atom. The maximum Gasteiger partial charge on any atom is 0.251 e. The van der Waals surface area contributed by atoms with E-state index in [1.165, 1.54) is 30.3 Å². The molecule has 2 heterocycles.